The Morgan fingerprint density at radius 3 is 2.76 bits per heavy atom. The largest absolute Gasteiger partial charge is 0.307 e. The highest BCUT2D eigenvalue weighted by molar-refractivity contribution is 9.10. The zero-order valence-corrected chi connectivity index (χ0v) is 13.2. The van der Waals surface area contributed by atoms with Crippen molar-refractivity contribution in [2.75, 3.05) is 0 Å². The number of hydrogen-bond acceptors (Lipinski definition) is 3. The van der Waals surface area contributed by atoms with Crippen LogP contribution >= 0.6 is 38.6 Å². The van der Waals surface area contributed by atoms with Crippen LogP contribution in [0.25, 0.3) is 0 Å². The molecule has 4 heteroatoms. The Kier molecular flexibility index (Phi) is 4.79. The highest BCUT2D eigenvalue weighted by Crippen LogP contribution is 2.25. The Bertz CT molecular complexity index is 450. The van der Waals surface area contributed by atoms with Crippen LogP contribution in [-0.4, -0.2) is 6.04 Å². The van der Waals surface area contributed by atoms with Gasteiger partial charge in [0.15, 0.2) is 0 Å². The van der Waals surface area contributed by atoms with E-state index in [1.54, 1.807) is 11.3 Å². The summed E-state index contributed by atoms with van der Waals surface area (Å²) in [5.74, 6) is 0. The van der Waals surface area contributed by atoms with Gasteiger partial charge in [0.1, 0.15) is 0 Å². The fourth-order valence-electron chi connectivity index (χ4n) is 1.85. The van der Waals surface area contributed by atoms with Gasteiger partial charge in [0.2, 0.25) is 0 Å². The lowest BCUT2D eigenvalue weighted by atomic mass is 10.1. The van der Waals surface area contributed by atoms with E-state index in [1.807, 2.05) is 11.3 Å². The van der Waals surface area contributed by atoms with E-state index in [-0.39, 0.29) is 0 Å². The number of hydrogen-bond donors (Lipinski definition) is 1. The van der Waals surface area contributed by atoms with Crippen molar-refractivity contribution >= 4 is 38.6 Å². The third-order valence-electron chi connectivity index (χ3n) is 2.64. The molecular weight excluding hydrogens is 314 g/mol. The second-order valence-corrected chi connectivity index (χ2v) is 7.13. The van der Waals surface area contributed by atoms with E-state index in [2.05, 4.69) is 64.1 Å². The molecule has 0 aliphatic carbocycles. The van der Waals surface area contributed by atoms with Crippen molar-refractivity contribution in [3.8, 4) is 0 Å². The van der Waals surface area contributed by atoms with Crippen LogP contribution in [0.15, 0.2) is 33.4 Å². The summed E-state index contributed by atoms with van der Waals surface area (Å²) in [6.45, 7) is 4.47. The quantitative estimate of drug-likeness (QED) is 0.826. The van der Waals surface area contributed by atoms with Gasteiger partial charge in [-0.15, -0.1) is 22.7 Å². The van der Waals surface area contributed by atoms with Crippen LogP contribution in [0.2, 0.25) is 0 Å². The average Bonchev–Trinajstić information content (AvgIpc) is 2.89. The molecule has 2 rings (SSSR count). The summed E-state index contributed by atoms with van der Waals surface area (Å²) in [7, 11) is 0. The van der Waals surface area contributed by atoms with Gasteiger partial charge in [-0.3, -0.25) is 0 Å². The third-order valence-corrected chi connectivity index (χ3v) is 5.41. The van der Waals surface area contributed by atoms with Gasteiger partial charge < -0.3 is 5.32 Å². The lowest BCUT2D eigenvalue weighted by molar-refractivity contribution is 0.484. The normalized spacial score (nSPS) is 14.8. The average molecular weight is 330 g/mol. The molecule has 2 aromatic heterocycles. The fraction of sp³-hybridized carbons (Fsp3) is 0.385. The smallest absolute Gasteiger partial charge is 0.0388 e. The van der Waals surface area contributed by atoms with Gasteiger partial charge >= 0.3 is 0 Å². The van der Waals surface area contributed by atoms with Crippen molar-refractivity contribution in [3.05, 3.63) is 43.2 Å². The predicted octanol–water partition coefficient (Wildman–Crippen LogP) is 4.85. The molecule has 1 nitrogen and oxygen atoms in total. The molecule has 2 aromatic rings. The third kappa shape index (κ3) is 3.91. The number of halogens is 1. The van der Waals surface area contributed by atoms with Gasteiger partial charge in [0.05, 0.1) is 0 Å². The van der Waals surface area contributed by atoms with E-state index in [9.17, 15) is 0 Å². The maximum Gasteiger partial charge on any atom is 0.0388 e. The van der Waals surface area contributed by atoms with Gasteiger partial charge in [0.25, 0.3) is 0 Å². The summed E-state index contributed by atoms with van der Waals surface area (Å²) in [5.41, 5.74) is 0. The Morgan fingerprint density at radius 1 is 1.35 bits per heavy atom. The molecule has 0 saturated carbocycles. The molecule has 2 atom stereocenters. The molecule has 0 aromatic carbocycles. The van der Waals surface area contributed by atoms with E-state index in [4.69, 9.17) is 0 Å². The number of rotatable bonds is 5. The van der Waals surface area contributed by atoms with Crippen molar-refractivity contribution in [1.29, 1.82) is 0 Å². The SMILES string of the molecule is CC(Cc1cccs1)NC(C)c1cc(Br)cs1. The number of thiophene rings is 2. The zero-order chi connectivity index (χ0) is 12.3. The first kappa shape index (κ1) is 13.3. The lowest BCUT2D eigenvalue weighted by Crippen LogP contribution is -2.30. The Labute approximate surface area is 119 Å². The maximum atomic E-state index is 3.64. The second-order valence-electron chi connectivity index (χ2n) is 4.24. The summed E-state index contributed by atoms with van der Waals surface area (Å²) in [6, 6.07) is 7.44. The molecule has 0 aliphatic rings. The molecular formula is C13H16BrNS2. The monoisotopic (exact) mass is 329 g/mol. The molecule has 0 fully saturated rings. The van der Waals surface area contributed by atoms with Gasteiger partial charge in [0, 0.05) is 31.7 Å². The van der Waals surface area contributed by atoms with Gasteiger partial charge in [-0.1, -0.05) is 6.07 Å². The summed E-state index contributed by atoms with van der Waals surface area (Å²) >= 11 is 7.13. The lowest BCUT2D eigenvalue weighted by Gasteiger charge is -2.18. The standard InChI is InChI=1S/C13H16BrNS2/c1-9(6-12-4-3-5-16-12)15-10(2)13-7-11(14)8-17-13/h3-5,7-10,15H,6H2,1-2H3. The van der Waals surface area contributed by atoms with Crippen LogP contribution in [0, 0.1) is 0 Å². The fourth-order valence-corrected chi connectivity index (χ4v) is 4.15. The van der Waals surface area contributed by atoms with Gasteiger partial charge in [-0.25, -0.2) is 0 Å². The molecule has 0 bridgehead atoms. The van der Waals surface area contributed by atoms with Crippen LogP contribution in [0.4, 0.5) is 0 Å². The summed E-state index contributed by atoms with van der Waals surface area (Å²) in [6.07, 6.45) is 1.11. The molecule has 92 valence electrons. The van der Waals surface area contributed by atoms with Crippen LogP contribution in [-0.2, 0) is 6.42 Å². The molecule has 0 spiro atoms. The topological polar surface area (TPSA) is 12.0 Å². The van der Waals surface area contributed by atoms with E-state index < -0.39 is 0 Å². The molecule has 0 amide bonds. The minimum atomic E-state index is 0.418. The van der Waals surface area contributed by atoms with Gasteiger partial charge in [-0.2, -0.15) is 0 Å². The molecule has 2 unspecified atom stereocenters. The van der Waals surface area contributed by atoms with E-state index in [0.29, 0.717) is 12.1 Å². The molecule has 0 saturated heterocycles. The van der Waals surface area contributed by atoms with Crippen molar-refractivity contribution in [2.45, 2.75) is 32.4 Å². The first-order chi connectivity index (χ1) is 8.15. The van der Waals surface area contributed by atoms with E-state index >= 15 is 0 Å². The van der Waals surface area contributed by atoms with E-state index in [1.165, 1.54) is 14.2 Å². The second kappa shape index (κ2) is 6.14. The Balaban J connectivity index is 1.88. The highest BCUT2D eigenvalue weighted by Gasteiger charge is 2.12. The van der Waals surface area contributed by atoms with Crippen LogP contribution in [0.3, 0.4) is 0 Å². The predicted molar refractivity (Wildman–Crippen MR) is 81.1 cm³/mol. The maximum absolute atomic E-state index is 3.64. The minimum Gasteiger partial charge on any atom is -0.307 e. The Morgan fingerprint density at radius 2 is 2.18 bits per heavy atom. The minimum absolute atomic E-state index is 0.418. The van der Waals surface area contributed by atoms with Crippen molar-refractivity contribution in [3.63, 3.8) is 0 Å². The summed E-state index contributed by atoms with van der Waals surface area (Å²) in [4.78, 5) is 2.83. The molecule has 2 heterocycles. The summed E-state index contributed by atoms with van der Waals surface area (Å²) < 4.78 is 1.18. The van der Waals surface area contributed by atoms with Gasteiger partial charge in [-0.05, 0) is 53.7 Å². The highest BCUT2D eigenvalue weighted by atomic mass is 79.9. The van der Waals surface area contributed by atoms with E-state index in [0.717, 1.165) is 6.42 Å². The molecule has 17 heavy (non-hydrogen) atoms. The molecule has 0 aliphatic heterocycles. The van der Waals surface area contributed by atoms with Crippen molar-refractivity contribution < 1.29 is 0 Å². The van der Waals surface area contributed by atoms with Crippen molar-refractivity contribution in [1.82, 2.24) is 5.32 Å². The zero-order valence-electron chi connectivity index (χ0n) is 9.94. The summed E-state index contributed by atoms with van der Waals surface area (Å²) in [5, 5.41) is 7.92. The first-order valence-corrected chi connectivity index (χ1v) is 8.22. The Hall–Kier alpha value is -0.160. The first-order valence-electron chi connectivity index (χ1n) is 5.67. The number of nitrogens with one attached hydrogen (secondary N) is 1. The molecule has 1 N–H and O–H groups in total. The van der Waals surface area contributed by atoms with Crippen LogP contribution in [0.1, 0.15) is 29.6 Å². The molecule has 0 radical (unpaired) electrons. The van der Waals surface area contributed by atoms with Crippen LogP contribution < -0.4 is 5.32 Å². The van der Waals surface area contributed by atoms with Crippen molar-refractivity contribution in [2.24, 2.45) is 0 Å². The van der Waals surface area contributed by atoms with Crippen LogP contribution in [0.5, 0.6) is 0 Å².